The van der Waals surface area contributed by atoms with Crippen LogP contribution in [0.4, 0.5) is 0 Å². The summed E-state index contributed by atoms with van der Waals surface area (Å²) in [7, 11) is 1.63. The lowest BCUT2D eigenvalue weighted by Gasteiger charge is -2.04. The molecule has 1 aromatic carbocycles. The van der Waals surface area contributed by atoms with Gasteiger partial charge in [-0.25, -0.2) is 4.79 Å². The molecule has 0 amide bonds. The van der Waals surface area contributed by atoms with E-state index in [2.05, 4.69) is 4.98 Å². The maximum absolute atomic E-state index is 11.1. The Balaban J connectivity index is 1.97. The number of nitrogens with zero attached hydrogens (tertiary/aromatic N) is 1. The van der Waals surface area contributed by atoms with Gasteiger partial charge in [-0.3, -0.25) is 4.98 Å². The van der Waals surface area contributed by atoms with Gasteiger partial charge in [0.2, 0.25) is 0 Å². The van der Waals surface area contributed by atoms with Gasteiger partial charge in [0.15, 0.2) is 0 Å². The first-order valence-corrected chi connectivity index (χ1v) is 7.73. The average Bonchev–Trinajstić information content (AvgIpc) is 2.93. The average molecular weight is 317 g/mol. The minimum atomic E-state index is -0.906. The van der Waals surface area contributed by atoms with E-state index in [9.17, 15) is 4.79 Å². The molecule has 0 unspecified atom stereocenters. The first-order valence-electron chi connectivity index (χ1n) is 6.10. The van der Waals surface area contributed by atoms with Crippen molar-refractivity contribution in [3.05, 3.63) is 47.6 Å². The standard InChI is InChI=1S/C15H11NO3S2/c1-19-9-2-4-10(5-3-9)20-13-7-16-8-14-11(13)6-12(21-14)15(17)18/h2-8H,1H3,(H,17,18). The number of benzene rings is 1. The molecule has 2 heterocycles. The van der Waals surface area contributed by atoms with E-state index in [1.807, 2.05) is 24.3 Å². The molecule has 0 bridgehead atoms. The molecule has 0 radical (unpaired) electrons. The van der Waals surface area contributed by atoms with Crippen LogP contribution in [0.3, 0.4) is 0 Å². The highest BCUT2D eigenvalue weighted by molar-refractivity contribution is 7.99. The van der Waals surface area contributed by atoms with E-state index in [-0.39, 0.29) is 0 Å². The number of pyridine rings is 1. The lowest BCUT2D eigenvalue weighted by atomic mass is 10.3. The number of aromatic nitrogens is 1. The smallest absolute Gasteiger partial charge is 0.345 e. The van der Waals surface area contributed by atoms with Crippen molar-refractivity contribution in [1.29, 1.82) is 0 Å². The van der Waals surface area contributed by atoms with Crippen molar-refractivity contribution in [3.63, 3.8) is 0 Å². The van der Waals surface area contributed by atoms with Gasteiger partial charge in [0.25, 0.3) is 0 Å². The van der Waals surface area contributed by atoms with Crippen LogP contribution in [0.2, 0.25) is 0 Å². The van der Waals surface area contributed by atoms with Crippen LogP contribution in [0.15, 0.2) is 52.5 Å². The van der Waals surface area contributed by atoms with Gasteiger partial charge in [-0.15, -0.1) is 11.3 Å². The first kappa shape index (κ1) is 13.9. The molecule has 0 saturated carbocycles. The second-order valence-corrected chi connectivity index (χ2v) is 6.44. The molecule has 0 aliphatic rings. The van der Waals surface area contributed by atoms with Gasteiger partial charge in [0.05, 0.1) is 11.8 Å². The Labute approximate surface area is 129 Å². The quantitative estimate of drug-likeness (QED) is 0.783. The highest BCUT2D eigenvalue weighted by Gasteiger charge is 2.12. The Morgan fingerprint density at radius 3 is 2.71 bits per heavy atom. The molecular formula is C15H11NO3S2. The lowest BCUT2D eigenvalue weighted by molar-refractivity contribution is 0.0702. The van der Waals surface area contributed by atoms with E-state index in [1.165, 1.54) is 11.3 Å². The number of carbonyl (C=O) groups is 1. The molecule has 106 valence electrons. The van der Waals surface area contributed by atoms with Crippen molar-refractivity contribution < 1.29 is 14.6 Å². The molecule has 0 saturated heterocycles. The van der Waals surface area contributed by atoms with Crippen LogP contribution in [0.25, 0.3) is 10.1 Å². The SMILES string of the molecule is COc1ccc(Sc2cncc3sc(C(=O)O)cc23)cc1. The van der Waals surface area contributed by atoms with E-state index in [1.54, 1.807) is 37.3 Å². The molecule has 0 aliphatic carbocycles. The molecule has 6 heteroatoms. The van der Waals surface area contributed by atoms with Gasteiger partial charge in [-0.05, 0) is 30.3 Å². The van der Waals surface area contributed by atoms with Crippen LogP contribution in [-0.4, -0.2) is 23.2 Å². The van der Waals surface area contributed by atoms with E-state index < -0.39 is 5.97 Å². The minimum Gasteiger partial charge on any atom is -0.497 e. The zero-order valence-electron chi connectivity index (χ0n) is 11.1. The summed E-state index contributed by atoms with van der Waals surface area (Å²) in [6, 6.07) is 9.42. The summed E-state index contributed by atoms with van der Waals surface area (Å²) in [6.45, 7) is 0. The molecule has 3 rings (SSSR count). The molecule has 3 aromatic rings. The van der Waals surface area contributed by atoms with Gasteiger partial charge >= 0.3 is 5.97 Å². The Kier molecular flexibility index (Phi) is 3.81. The third-order valence-electron chi connectivity index (χ3n) is 2.91. The zero-order valence-corrected chi connectivity index (χ0v) is 12.7. The second kappa shape index (κ2) is 5.75. The predicted octanol–water partition coefficient (Wildman–Crippen LogP) is 4.15. The number of carboxylic acid groups (broad SMARTS) is 1. The summed E-state index contributed by atoms with van der Waals surface area (Å²) in [5.41, 5.74) is 0. The van der Waals surface area contributed by atoms with Crippen LogP contribution < -0.4 is 4.74 Å². The first-order chi connectivity index (χ1) is 10.2. The number of aromatic carboxylic acids is 1. The topological polar surface area (TPSA) is 59.4 Å². The summed E-state index contributed by atoms with van der Waals surface area (Å²) in [4.78, 5) is 17.6. The van der Waals surface area contributed by atoms with Gasteiger partial charge < -0.3 is 9.84 Å². The maximum atomic E-state index is 11.1. The fourth-order valence-corrected chi connectivity index (χ4v) is 3.77. The molecule has 4 nitrogen and oxygen atoms in total. The fraction of sp³-hybridized carbons (Fsp3) is 0.0667. The Morgan fingerprint density at radius 2 is 2.05 bits per heavy atom. The second-order valence-electron chi connectivity index (χ2n) is 4.24. The predicted molar refractivity (Wildman–Crippen MR) is 83.7 cm³/mol. The largest absolute Gasteiger partial charge is 0.497 e. The minimum absolute atomic E-state index is 0.328. The summed E-state index contributed by atoms with van der Waals surface area (Å²) < 4.78 is 6.01. The van der Waals surface area contributed by atoms with Crippen molar-refractivity contribution >= 4 is 39.2 Å². The normalized spacial score (nSPS) is 10.7. The number of thiophene rings is 1. The molecule has 21 heavy (non-hydrogen) atoms. The number of carboxylic acids is 1. The number of hydrogen-bond acceptors (Lipinski definition) is 5. The van der Waals surface area contributed by atoms with E-state index in [0.29, 0.717) is 4.88 Å². The lowest BCUT2D eigenvalue weighted by Crippen LogP contribution is -1.89. The van der Waals surface area contributed by atoms with Gasteiger partial charge in [0, 0.05) is 27.6 Å². The summed E-state index contributed by atoms with van der Waals surface area (Å²) in [5, 5.41) is 10.0. The number of rotatable bonds is 4. The van der Waals surface area contributed by atoms with Crippen molar-refractivity contribution in [2.24, 2.45) is 0 Å². The summed E-state index contributed by atoms with van der Waals surface area (Å²) in [6.07, 6.45) is 3.46. The summed E-state index contributed by atoms with van der Waals surface area (Å²) >= 11 is 2.80. The Morgan fingerprint density at radius 1 is 1.29 bits per heavy atom. The van der Waals surface area contributed by atoms with Crippen LogP contribution in [-0.2, 0) is 0 Å². The molecule has 2 aromatic heterocycles. The highest BCUT2D eigenvalue weighted by atomic mass is 32.2. The molecular weight excluding hydrogens is 306 g/mol. The third-order valence-corrected chi connectivity index (χ3v) is 5.02. The number of hydrogen-bond donors (Lipinski definition) is 1. The van der Waals surface area contributed by atoms with Gasteiger partial charge in [0.1, 0.15) is 10.6 Å². The number of ether oxygens (including phenoxy) is 1. The van der Waals surface area contributed by atoms with Crippen molar-refractivity contribution in [3.8, 4) is 5.75 Å². The van der Waals surface area contributed by atoms with Crippen molar-refractivity contribution in [1.82, 2.24) is 4.98 Å². The molecule has 0 aliphatic heterocycles. The maximum Gasteiger partial charge on any atom is 0.345 e. The Bertz CT molecular complexity index is 796. The zero-order chi connectivity index (χ0) is 14.8. The monoisotopic (exact) mass is 317 g/mol. The van der Waals surface area contributed by atoms with E-state index >= 15 is 0 Å². The molecule has 0 atom stereocenters. The van der Waals surface area contributed by atoms with Crippen molar-refractivity contribution in [2.45, 2.75) is 9.79 Å². The number of methoxy groups -OCH3 is 1. The fourth-order valence-electron chi connectivity index (χ4n) is 1.89. The van der Waals surface area contributed by atoms with Crippen LogP contribution in [0, 0.1) is 0 Å². The van der Waals surface area contributed by atoms with Crippen molar-refractivity contribution in [2.75, 3.05) is 7.11 Å². The van der Waals surface area contributed by atoms with Gasteiger partial charge in [-0.1, -0.05) is 11.8 Å². The third kappa shape index (κ3) is 2.86. The van der Waals surface area contributed by atoms with Crippen LogP contribution in [0.5, 0.6) is 5.75 Å². The van der Waals surface area contributed by atoms with Crippen LogP contribution >= 0.6 is 23.1 Å². The molecule has 0 spiro atoms. The van der Waals surface area contributed by atoms with E-state index in [4.69, 9.17) is 9.84 Å². The molecule has 1 N–H and O–H groups in total. The van der Waals surface area contributed by atoms with Gasteiger partial charge in [-0.2, -0.15) is 0 Å². The summed E-state index contributed by atoms with van der Waals surface area (Å²) in [5.74, 6) is -0.101. The highest BCUT2D eigenvalue weighted by Crippen LogP contribution is 2.36. The Hall–Kier alpha value is -2.05. The number of fused-ring (bicyclic) bond motifs is 1. The van der Waals surface area contributed by atoms with Crippen LogP contribution in [0.1, 0.15) is 9.67 Å². The molecule has 0 fully saturated rings. The van der Waals surface area contributed by atoms with E-state index in [0.717, 1.165) is 25.6 Å².